The van der Waals surface area contributed by atoms with Crippen LogP contribution in [0.1, 0.15) is 28.3 Å². The molecular formula is C23H30N4O3. The summed E-state index contributed by atoms with van der Waals surface area (Å²) in [6, 6.07) is 15.4. The number of aliphatic imine (C=N–C) groups is 1. The minimum atomic E-state index is -0.102. The van der Waals surface area contributed by atoms with E-state index in [0.717, 1.165) is 37.0 Å². The third-order valence-corrected chi connectivity index (χ3v) is 5.33. The summed E-state index contributed by atoms with van der Waals surface area (Å²) in [6.45, 7) is 3.00. The van der Waals surface area contributed by atoms with Crippen molar-refractivity contribution in [3.63, 3.8) is 0 Å². The van der Waals surface area contributed by atoms with Crippen molar-refractivity contribution in [3.05, 3.63) is 59.7 Å². The second kappa shape index (κ2) is 10.5. The highest BCUT2D eigenvalue weighted by Gasteiger charge is 2.26. The number of amides is 1. The minimum Gasteiger partial charge on any atom is -0.497 e. The third-order valence-electron chi connectivity index (χ3n) is 5.33. The number of hydrogen-bond acceptors (Lipinski definition) is 4. The number of methoxy groups -OCH3 is 2. The summed E-state index contributed by atoms with van der Waals surface area (Å²) in [4.78, 5) is 18.9. The molecule has 0 saturated carbocycles. The van der Waals surface area contributed by atoms with Crippen LogP contribution in [0.5, 0.6) is 11.5 Å². The Labute approximate surface area is 178 Å². The Kier molecular flexibility index (Phi) is 7.54. The Morgan fingerprint density at radius 1 is 1.00 bits per heavy atom. The maximum atomic E-state index is 12.2. The second-order valence-electron chi connectivity index (χ2n) is 7.16. The molecule has 160 valence electrons. The van der Waals surface area contributed by atoms with Crippen LogP contribution in [0.4, 0.5) is 0 Å². The molecular weight excluding hydrogens is 380 g/mol. The summed E-state index contributed by atoms with van der Waals surface area (Å²) >= 11 is 0. The van der Waals surface area contributed by atoms with Crippen LogP contribution in [0.25, 0.3) is 0 Å². The van der Waals surface area contributed by atoms with E-state index < -0.39 is 0 Å². The van der Waals surface area contributed by atoms with E-state index in [4.69, 9.17) is 9.47 Å². The van der Waals surface area contributed by atoms with Crippen molar-refractivity contribution in [1.29, 1.82) is 0 Å². The maximum absolute atomic E-state index is 12.2. The molecule has 0 spiro atoms. The van der Waals surface area contributed by atoms with Crippen molar-refractivity contribution in [2.45, 2.75) is 12.3 Å². The Morgan fingerprint density at radius 3 is 2.20 bits per heavy atom. The van der Waals surface area contributed by atoms with Crippen LogP contribution >= 0.6 is 0 Å². The van der Waals surface area contributed by atoms with Gasteiger partial charge in [-0.05, 0) is 48.4 Å². The van der Waals surface area contributed by atoms with E-state index in [0.29, 0.717) is 24.6 Å². The SMILES string of the molecule is CN=C(NCCNC(=O)c1ccc(OC)cc1)N1CCC(c2ccc(OC)cc2)C1. The molecule has 1 fully saturated rings. The van der Waals surface area contributed by atoms with Gasteiger partial charge in [-0.25, -0.2) is 0 Å². The number of nitrogens with zero attached hydrogens (tertiary/aromatic N) is 2. The standard InChI is InChI=1S/C23H30N4O3/c1-24-23(26-14-13-25-22(28)18-6-10-21(30-3)11-7-18)27-15-12-19(16-27)17-4-8-20(29-2)9-5-17/h4-11,19H,12-16H2,1-3H3,(H,24,26)(H,25,28). The lowest BCUT2D eigenvalue weighted by molar-refractivity contribution is 0.0954. The number of ether oxygens (including phenoxy) is 2. The number of carbonyl (C=O) groups excluding carboxylic acids is 1. The van der Waals surface area contributed by atoms with Crippen molar-refractivity contribution in [2.24, 2.45) is 4.99 Å². The summed E-state index contributed by atoms with van der Waals surface area (Å²) in [6.07, 6.45) is 1.08. The number of likely N-dealkylation sites (tertiary alicyclic amines) is 1. The zero-order chi connectivity index (χ0) is 21.3. The van der Waals surface area contributed by atoms with Gasteiger partial charge in [0.1, 0.15) is 11.5 Å². The number of nitrogens with one attached hydrogen (secondary N) is 2. The van der Waals surface area contributed by atoms with Gasteiger partial charge in [0.05, 0.1) is 14.2 Å². The van der Waals surface area contributed by atoms with Crippen molar-refractivity contribution < 1.29 is 14.3 Å². The van der Waals surface area contributed by atoms with Crippen molar-refractivity contribution in [1.82, 2.24) is 15.5 Å². The number of hydrogen-bond donors (Lipinski definition) is 2. The topological polar surface area (TPSA) is 75.2 Å². The second-order valence-corrected chi connectivity index (χ2v) is 7.16. The summed E-state index contributed by atoms with van der Waals surface area (Å²) in [5.41, 5.74) is 1.93. The van der Waals surface area contributed by atoms with E-state index >= 15 is 0 Å². The molecule has 0 bridgehead atoms. The first-order valence-electron chi connectivity index (χ1n) is 10.2. The van der Waals surface area contributed by atoms with Crippen LogP contribution < -0.4 is 20.1 Å². The van der Waals surface area contributed by atoms with Crippen LogP contribution in [0.3, 0.4) is 0 Å². The average molecular weight is 411 g/mol. The lowest BCUT2D eigenvalue weighted by Gasteiger charge is -2.22. The maximum Gasteiger partial charge on any atom is 0.251 e. The first-order chi connectivity index (χ1) is 14.6. The third kappa shape index (κ3) is 5.43. The smallest absolute Gasteiger partial charge is 0.251 e. The summed E-state index contributed by atoms with van der Waals surface area (Å²) in [7, 11) is 5.08. The molecule has 1 unspecified atom stereocenters. The zero-order valence-electron chi connectivity index (χ0n) is 17.9. The molecule has 7 heteroatoms. The molecule has 1 aliphatic heterocycles. The van der Waals surface area contributed by atoms with Crippen molar-refractivity contribution in [2.75, 3.05) is 47.4 Å². The Bertz CT molecular complexity index is 850. The van der Waals surface area contributed by atoms with Crippen molar-refractivity contribution in [3.8, 4) is 11.5 Å². The fourth-order valence-electron chi connectivity index (χ4n) is 3.63. The quantitative estimate of drug-likeness (QED) is 0.417. The fraction of sp³-hybridized carbons (Fsp3) is 0.391. The van der Waals surface area contributed by atoms with Gasteiger partial charge in [0.2, 0.25) is 0 Å². The average Bonchev–Trinajstić information content (AvgIpc) is 3.29. The molecule has 1 amide bonds. The molecule has 0 aliphatic carbocycles. The Morgan fingerprint density at radius 2 is 1.60 bits per heavy atom. The molecule has 30 heavy (non-hydrogen) atoms. The van der Waals surface area contributed by atoms with Gasteiger partial charge in [-0.1, -0.05) is 12.1 Å². The monoisotopic (exact) mass is 410 g/mol. The molecule has 3 rings (SSSR count). The van der Waals surface area contributed by atoms with Gasteiger partial charge in [-0.3, -0.25) is 9.79 Å². The zero-order valence-corrected chi connectivity index (χ0v) is 17.9. The highest BCUT2D eigenvalue weighted by atomic mass is 16.5. The molecule has 1 atom stereocenters. The van der Waals surface area contributed by atoms with Gasteiger partial charge in [-0.2, -0.15) is 0 Å². The highest BCUT2D eigenvalue weighted by molar-refractivity contribution is 5.94. The highest BCUT2D eigenvalue weighted by Crippen LogP contribution is 2.28. The van der Waals surface area contributed by atoms with Gasteiger partial charge in [-0.15, -0.1) is 0 Å². The molecule has 1 heterocycles. The van der Waals surface area contributed by atoms with Crippen LogP contribution in [-0.2, 0) is 0 Å². The van der Waals surface area contributed by atoms with Crippen LogP contribution in [0, 0.1) is 0 Å². The summed E-state index contributed by atoms with van der Waals surface area (Å²) < 4.78 is 10.4. The number of carbonyl (C=O) groups is 1. The Balaban J connectivity index is 1.43. The molecule has 1 aliphatic rings. The van der Waals surface area contributed by atoms with Crippen LogP contribution in [0.15, 0.2) is 53.5 Å². The fourth-order valence-corrected chi connectivity index (χ4v) is 3.63. The van der Waals surface area contributed by atoms with E-state index in [2.05, 4.69) is 32.7 Å². The molecule has 7 nitrogen and oxygen atoms in total. The van der Waals surface area contributed by atoms with Crippen LogP contribution in [0.2, 0.25) is 0 Å². The van der Waals surface area contributed by atoms with E-state index in [1.54, 1.807) is 45.5 Å². The van der Waals surface area contributed by atoms with Gasteiger partial charge >= 0.3 is 0 Å². The lowest BCUT2D eigenvalue weighted by atomic mass is 9.98. The van der Waals surface area contributed by atoms with E-state index in [1.807, 2.05) is 12.1 Å². The van der Waals surface area contributed by atoms with Gasteiger partial charge in [0, 0.05) is 44.7 Å². The first kappa shape index (κ1) is 21.5. The molecule has 0 aromatic heterocycles. The molecule has 2 aromatic carbocycles. The van der Waals surface area contributed by atoms with Gasteiger partial charge in [0.25, 0.3) is 5.91 Å². The summed E-state index contributed by atoms with van der Waals surface area (Å²) in [5, 5.41) is 6.27. The number of benzene rings is 2. The summed E-state index contributed by atoms with van der Waals surface area (Å²) in [5.74, 6) is 2.85. The lowest BCUT2D eigenvalue weighted by Crippen LogP contribution is -2.43. The molecule has 2 N–H and O–H groups in total. The largest absolute Gasteiger partial charge is 0.497 e. The molecule has 2 aromatic rings. The molecule has 1 saturated heterocycles. The Hall–Kier alpha value is -3.22. The van der Waals surface area contributed by atoms with E-state index in [9.17, 15) is 4.79 Å². The van der Waals surface area contributed by atoms with Gasteiger partial charge in [0.15, 0.2) is 5.96 Å². The predicted molar refractivity (Wildman–Crippen MR) is 119 cm³/mol. The van der Waals surface area contributed by atoms with E-state index in [-0.39, 0.29) is 5.91 Å². The number of guanidine groups is 1. The molecule has 0 radical (unpaired) electrons. The predicted octanol–water partition coefficient (Wildman–Crippen LogP) is 2.50. The van der Waals surface area contributed by atoms with Gasteiger partial charge < -0.3 is 25.0 Å². The van der Waals surface area contributed by atoms with E-state index in [1.165, 1.54) is 5.56 Å². The van der Waals surface area contributed by atoms with Crippen LogP contribution in [-0.4, -0.2) is 64.2 Å². The first-order valence-corrected chi connectivity index (χ1v) is 10.2. The van der Waals surface area contributed by atoms with Crippen molar-refractivity contribution >= 4 is 11.9 Å². The minimum absolute atomic E-state index is 0.102. The number of rotatable bonds is 7. The normalized spacial score (nSPS) is 16.3.